The second-order valence-corrected chi connectivity index (χ2v) is 5.23. The van der Waals surface area contributed by atoms with Gasteiger partial charge in [-0.3, -0.25) is 0 Å². The van der Waals surface area contributed by atoms with Crippen molar-refractivity contribution in [3.63, 3.8) is 0 Å². The summed E-state index contributed by atoms with van der Waals surface area (Å²) in [6.07, 6.45) is -0.680. The molecule has 0 saturated carbocycles. The fourth-order valence-electron chi connectivity index (χ4n) is 1.74. The third-order valence-corrected chi connectivity index (χ3v) is 3.85. The molecule has 1 aromatic heterocycles. The minimum Gasteiger partial charge on any atom is -0.387 e. The highest BCUT2D eigenvalue weighted by atomic mass is 32.1. The average molecular weight is 265 g/mol. The summed E-state index contributed by atoms with van der Waals surface area (Å²) in [7, 11) is 0. The fourth-order valence-corrected chi connectivity index (χ4v) is 2.62. The summed E-state index contributed by atoms with van der Waals surface area (Å²) in [6.45, 7) is 3.22. The Balaban J connectivity index is 1.85. The number of nitrogens with one attached hydrogen (secondary N) is 1. The van der Waals surface area contributed by atoms with E-state index in [1.807, 2.05) is 0 Å². The lowest BCUT2D eigenvalue weighted by Crippen LogP contribution is -2.21. The van der Waals surface area contributed by atoms with Crippen LogP contribution in [0.3, 0.4) is 0 Å². The molecule has 1 aromatic carbocycles. The average Bonchev–Trinajstić information content (AvgIpc) is 2.75. The zero-order chi connectivity index (χ0) is 13.0. The molecular weight excluding hydrogens is 249 g/mol. The van der Waals surface area contributed by atoms with Crippen LogP contribution in [-0.4, -0.2) is 11.7 Å². The summed E-state index contributed by atoms with van der Waals surface area (Å²) >= 11 is 1.70. The number of aliphatic hydroxyl groups excluding tert-OH is 1. The minimum atomic E-state index is -0.680. The second kappa shape index (κ2) is 6.09. The molecule has 0 spiro atoms. The number of hydrogen-bond acceptors (Lipinski definition) is 3. The number of benzene rings is 1. The van der Waals surface area contributed by atoms with Crippen molar-refractivity contribution in [2.75, 3.05) is 6.54 Å². The normalized spacial score (nSPS) is 12.6. The Morgan fingerprint density at radius 1 is 1.39 bits per heavy atom. The van der Waals surface area contributed by atoms with E-state index in [4.69, 9.17) is 0 Å². The SMILES string of the molecule is Cc1ccsc1CNCC(O)c1cccc(F)c1. The topological polar surface area (TPSA) is 32.3 Å². The summed E-state index contributed by atoms with van der Waals surface area (Å²) in [5.41, 5.74) is 1.86. The van der Waals surface area contributed by atoms with Gasteiger partial charge in [-0.25, -0.2) is 4.39 Å². The smallest absolute Gasteiger partial charge is 0.123 e. The molecule has 0 bridgehead atoms. The van der Waals surface area contributed by atoms with Crippen LogP contribution in [0.15, 0.2) is 35.7 Å². The molecule has 1 atom stereocenters. The Kier molecular flexibility index (Phi) is 4.47. The third kappa shape index (κ3) is 3.38. The van der Waals surface area contributed by atoms with Crippen LogP contribution in [0.25, 0.3) is 0 Å². The van der Waals surface area contributed by atoms with E-state index in [9.17, 15) is 9.50 Å². The first kappa shape index (κ1) is 13.2. The van der Waals surface area contributed by atoms with Crippen molar-refractivity contribution in [1.82, 2.24) is 5.32 Å². The van der Waals surface area contributed by atoms with Gasteiger partial charge < -0.3 is 10.4 Å². The predicted octanol–water partition coefficient (Wildman–Crippen LogP) is 3.02. The number of aryl methyl sites for hydroxylation is 1. The summed E-state index contributed by atoms with van der Waals surface area (Å²) in [4.78, 5) is 1.27. The van der Waals surface area contributed by atoms with Crippen molar-refractivity contribution in [2.24, 2.45) is 0 Å². The molecule has 2 rings (SSSR count). The summed E-state index contributed by atoms with van der Waals surface area (Å²) in [5, 5.41) is 15.2. The van der Waals surface area contributed by atoms with Gasteiger partial charge in [0.05, 0.1) is 6.10 Å². The number of rotatable bonds is 5. The molecule has 0 saturated heterocycles. The highest BCUT2D eigenvalue weighted by molar-refractivity contribution is 7.10. The van der Waals surface area contributed by atoms with Crippen LogP contribution in [0.4, 0.5) is 4.39 Å². The van der Waals surface area contributed by atoms with Crippen LogP contribution in [0, 0.1) is 12.7 Å². The number of halogens is 1. The first-order valence-corrected chi connectivity index (χ1v) is 6.72. The lowest BCUT2D eigenvalue weighted by molar-refractivity contribution is 0.174. The predicted molar refractivity (Wildman–Crippen MR) is 72.1 cm³/mol. The van der Waals surface area contributed by atoms with Gasteiger partial charge in [0.1, 0.15) is 5.82 Å². The number of hydrogen-bond donors (Lipinski definition) is 2. The summed E-state index contributed by atoms with van der Waals surface area (Å²) in [5.74, 6) is -0.319. The standard InChI is InChI=1S/C14H16FNOS/c1-10-5-6-18-14(10)9-16-8-13(17)11-3-2-4-12(15)7-11/h2-7,13,16-17H,8-9H2,1H3. The van der Waals surface area contributed by atoms with Gasteiger partial charge in [-0.2, -0.15) is 0 Å². The first-order valence-electron chi connectivity index (χ1n) is 5.84. The van der Waals surface area contributed by atoms with Crippen LogP contribution in [0.2, 0.25) is 0 Å². The van der Waals surface area contributed by atoms with Crippen molar-refractivity contribution in [3.8, 4) is 0 Å². The van der Waals surface area contributed by atoms with Gasteiger partial charge in [0.25, 0.3) is 0 Å². The Morgan fingerprint density at radius 3 is 2.89 bits per heavy atom. The lowest BCUT2D eigenvalue weighted by Gasteiger charge is -2.12. The molecule has 1 unspecified atom stereocenters. The fraction of sp³-hybridized carbons (Fsp3) is 0.286. The van der Waals surface area contributed by atoms with E-state index in [1.54, 1.807) is 23.5 Å². The van der Waals surface area contributed by atoms with E-state index in [0.29, 0.717) is 12.1 Å². The van der Waals surface area contributed by atoms with Gasteiger partial charge in [0.2, 0.25) is 0 Å². The molecule has 96 valence electrons. The number of thiophene rings is 1. The molecule has 0 aliphatic rings. The molecule has 0 aliphatic heterocycles. The first-order chi connectivity index (χ1) is 8.66. The molecule has 2 aromatic rings. The van der Waals surface area contributed by atoms with Gasteiger partial charge in [0.15, 0.2) is 0 Å². The van der Waals surface area contributed by atoms with Gasteiger partial charge in [-0.1, -0.05) is 12.1 Å². The molecule has 2 nitrogen and oxygen atoms in total. The van der Waals surface area contributed by atoms with Crippen LogP contribution < -0.4 is 5.32 Å². The molecule has 0 fully saturated rings. The van der Waals surface area contributed by atoms with Crippen LogP contribution in [0.5, 0.6) is 0 Å². The van der Waals surface area contributed by atoms with E-state index in [-0.39, 0.29) is 5.82 Å². The zero-order valence-electron chi connectivity index (χ0n) is 10.2. The molecule has 1 heterocycles. The second-order valence-electron chi connectivity index (χ2n) is 4.23. The highest BCUT2D eigenvalue weighted by Gasteiger charge is 2.08. The van der Waals surface area contributed by atoms with E-state index in [1.165, 1.54) is 22.6 Å². The molecule has 0 radical (unpaired) electrons. The zero-order valence-corrected chi connectivity index (χ0v) is 11.0. The Hall–Kier alpha value is -1.23. The maximum absolute atomic E-state index is 13.0. The molecule has 18 heavy (non-hydrogen) atoms. The quantitative estimate of drug-likeness (QED) is 0.871. The van der Waals surface area contributed by atoms with Gasteiger partial charge >= 0.3 is 0 Å². The van der Waals surface area contributed by atoms with E-state index < -0.39 is 6.10 Å². The van der Waals surface area contributed by atoms with E-state index in [0.717, 1.165) is 6.54 Å². The maximum Gasteiger partial charge on any atom is 0.123 e. The van der Waals surface area contributed by atoms with Crippen LogP contribution >= 0.6 is 11.3 Å². The van der Waals surface area contributed by atoms with Crippen LogP contribution in [0.1, 0.15) is 22.1 Å². The maximum atomic E-state index is 13.0. The molecule has 4 heteroatoms. The molecule has 0 amide bonds. The Labute approximate surface area is 110 Å². The summed E-state index contributed by atoms with van der Waals surface area (Å²) in [6, 6.07) is 8.15. The lowest BCUT2D eigenvalue weighted by atomic mass is 10.1. The molecular formula is C14H16FNOS. The van der Waals surface area contributed by atoms with Crippen molar-refractivity contribution >= 4 is 11.3 Å². The minimum absolute atomic E-state index is 0.319. The molecule has 0 aliphatic carbocycles. The largest absolute Gasteiger partial charge is 0.387 e. The third-order valence-electron chi connectivity index (χ3n) is 2.82. The Bertz CT molecular complexity index is 512. The van der Waals surface area contributed by atoms with E-state index in [2.05, 4.69) is 23.7 Å². The van der Waals surface area contributed by atoms with Gasteiger partial charge in [0, 0.05) is 18.0 Å². The van der Waals surface area contributed by atoms with Crippen molar-refractivity contribution in [3.05, 3.63) is 57.5 Å². The highest BCUT2D eigenvalue weighted by Crippen LogP contribution is 2.16. The Morgan fingerprint density at radius 2 is 2.22 bits per heavy atom. The van der Waals surface area contributed by atoms with E-state index >= 15 is 0 Å². The molecule has 2 N–H and O–H groups in total. The van der Waals surface area contributed by atoms with Gasteiger partial charge in [-0.05, 0) is 41.6 Å². The van der Waals surface area contributed by atoms with Crippen molar-refractivity contribution in [1.29, 1.82) is 0 Å². The number of aliphatic hydroxyl groups is 1. The van der Waals surface area contributed by atoms with Crippen molar-refractivity contribution in [2.45, 2.75) is 19.6 Å². The van der Waals surface area contributed by atoms with Gasteiger partial charge in [-0.15, -0.1) is 11.3 Å². The van der Waals surface area contributed by atoms with Crippen LogP contribution in [-0.2, 0) is 6.54 Å². The monoisotopic (exact) mass is 265 g/mol. The van der Waals surface area contributed by atoms with Crippen molar-refractivity contribution < 1.29 is 9.50 Å². The summed E-state index contributed by atoms with van der Waals surface area (Å²) < 4.78 is 13.0.